The van der Waals surface area contributed by atoms with Gasteiger partial charge in [-0.15, -0.1) is 0 Å². The molecule has 176 valence electrons. The Bertz CT molecular complexity index is 1480. The van der Waals surface area contributed by atoms with Gasteiger partial charge in [0.1, 0.15) is 16.7 Å². The van der Waals surface area contributed by atoms with Crippen molar-refractivity contribution in [3.05, 3.63) is 68.9 Å². The van der Waals surface area contributed by atoms with Gasteiger partial charge in [0, 0.05) is 51.4 Å². The van der Waals surface area contributed by atoms with Crippen LogP contribution in [0, 0.1) is 11.8 Å². The number of amides is 1. The van der Waals surface area contributed by atoms with E-state index in [-0.39, 0.29) is 21.9 Å². The number of nitrogens with one attached hydrogen (secondary N) is 2. The van der Waals surface area contributed by atoms with Crippen LogP contribution in [0.25, 0.3) is 16.6 Å². The minimum Gasteiger partial charge on any atom is -0.365 e. The average Bonchev–Trinajstić information content (AvgIpc) is 3.24. The standard InChI is InChI=1S/C22H20ClF2N7O2/c1-26-21(33)13-3-5-15(20(25)27-13)31-8-6-30(7-9-31)11-12-2-4-14-19(18(12)24)28-22(34)16-10-17(23)29-32(14)16/h2-5,10H,6-9,11H2,1H3,(H,26,33)(H,28,34). The number of carbonyl (C=O) groups excluding carboxylic acids is 1. The Morgan fingerprint density at radius 3 is 2.62 bits per heavy atom. The number of rotatable bonds is 4. The molecule has 3 aromatic heterocycles. The first kappa shape index (κ1) is 22.2. The molecule has 1 saturated heterocycles. The Balaban J connectivity index is 1.32. The molecule has 0 atom stereocenters. The summed E-state index contributed by atoms with van der Waals surface area (Å²) >= 11 is 5.92. The smallest absolute Gasteiger partial charge is 0.274 e. The van der Waals surface area contributed by atoms with E-state index in [1.54, 1.807) is 18.2 Å². The molecule has 1 aromatic carbocycles. The maximum atomic E-state index is 15.3. The number of piperazine rings is 1. The molecule has 9 nitrogen and oxygen atoms in total. The summed E-state index contributed by atoms with van der Waals surface area (Å²) in [5, 5.41) is 6.64. The molecule has 1 fully saturated rings. The van der Waals surface area contributed by atoms with Crippen molar-refractivity contribution in [2.45, 2.75) is 6.54 Å². The summed E-state index contributed by atoms with van der Waals surface area (Å²) in [5.41, 5.74) is 1.01. The fraction of sp³-hybridized carbons (Fsp3) is 0.273. The second-order valence-electron chi connectivity index (χ2n) is 8.00. The van der Waals surface area contributed by atoms with Gasteiger partial charge in [0.25, 0.3) is 11.5 Å². The van der Waals surface area contributed by atoms with Crippen LogP contribution in [0.4, 0.5) is 14.5 Å². The zero-order valence-electron chi connectivity index (χ0n) is 18.1. The molecular weight excluding hydrogens is 468 g/mol. The number of aromatic nitrogens is 4. The summed E-state index contributed by atoms with van der Waals surface area (Å²) < 4.78 is 31.1. The molecule has 0 aliphatic carbocycles. The van der Waals surface area contributed by atoms with Gasteiger partial charge in [-0.05, 0) is 18.2 Å². The number of pyridine rings is 1. The molecule has 34 heavy (non-hydrogen) atoms. The third-order valence-electron chi connectivity index (χ3n) is 5.97. The number of hydrogen-bond donors (Lipinski definition) is 2. The number of carbonyl (C=O) groups is 1. The summed E-state index contributed by atoms with van der Waals surface area (Å²) in [4.78, 5) is 34.2. The van der Waals surface area contributed by atoms with Crippen molar-refractivity contribution in [1.82, 2.24) is 29.8 Å². The Kier molecular flexibility index (Phi) is 5.66. The monoisotopic (exact) mass is 487 g/mol. The maximum Gasteiger partial charge on any atom is 0.274 e. The van der Waals surface area contributed by atoms with Crippen LogP contribution < -0.4 is 15.8 Å². The minimum absolute atomic E-state index is 0.0156. The first-order valence-corrected chi connectivity index (χ1v) is 11.0. The average molecular weight is 488 g/mol. The van der Waals surface area contributed by atoms with E-state index in [0.717, 1.165) is 0 Å². The van der Waals surface area contributed by atoms with Crippen LogP contribution in [0.1, 0.15) is 16.1 Å². The van der Waals surface area contributed by atoms with Crippen LogP contribution in [-0.2, 0) is 6.54 Å². The van der Waals surface area contributed by atoms with Crippen LogP contribution in [0.5, 0.6) is 0 Å². The Morgan fingerprint density at radius 2 is 1.91 bits per heavy atom. The van der Waals surface area contributed by atoms with Gasteiger partial charge in [0.15, 0.2) is 11.0 Å². The summed E-state index contributed by atoms with van der Waals surface area (Å²) in [7, 11) is 1.46. The van der Waals surface area contributed by atoms with E-state index >= 15 is 4.39 Å². The molecule has 1 aliphatic rings. The number of H-pyrrole nitrogens is 1. The predicted molar refractivity (Wildman–Crippen MR) is 123 cm³/mol. The van der Waals surface area contributed by atoms with E-state index in [9.17, 15) is 14.0 Å². The summed E-state index contributed by atoms with van der Waals surface area (Å²) in [5.74, 6) is -1.68. The molecule has 4 aromatic rings. The zero-order chi connectivity index (χ0) is 24.0. The van der Waals surface area contributed by atoms with Gasteiger partial charge in [-0.3, -0.25) is 14.5 Å². The number of nitrogens with zero attached hydrogens (tertiary/aromatic N) is 5. The van der Waals surface area contributed by atoms with Crippen molar-refractivity contribution in [3.63, 3.8) is 0 Å². The Hall–Kier alpha value is -3.57. The fourth-order valence-corrected chi connectivity index (χ4v) is 4.39. The molecule has 1 aliphatic heterocycles. The number of aromatic amines is 1. The minimum atomic E-state index is -0.705. The molecule has 5 rings (SSSR count). The molecule has 0 saturated carbocycles. The third kappa shape index (κ3) is 3.86. The van der Waals surface area contributed by atoms with Crippen molar-refractivity contribution in [2.24, 2.45) is 0 Å². The quantitative estimate of drug-likeness (QED) is 0.428. The molecule has 0 spiro atoms. The van der Waals surface area contributed by atoms with Crippen LogP contribution in [0.2, 0.25) is 5.15 Å². The van der Waals surface area contributed by atoms with Gasteiger partial charge in [0.05, 0.1) is 11.2 Å². The summed E-state index contributed by atoms with van der Waals surface area (Å²) in [6.45, 7) is 2.48. The molecule has 2 N–H and O–H groups in total. The first-order chi connectivity index (χ1) is 16.4. The van der Waals surface area contributed by atoms with E-state index in [0.29, 0.717) is 49.5 Å². The lowest BCUT2D eigenvalue weighted by atomic mass is 10.1. The van der Waals surface area contributed by atoms with Gasteiger partial charge in [-0.2, -0.15) is 9.49 Å². The highest BCUT2D eigenvalue weighted by Gasteiger charge is 2.23. The van der Waals surface area contributed by atoms with Gasteiger partial charge in [-0.1, -0.05) is 17.7 Å². The number of anilines is 1. The van der Waals surface area contributed by atoms with Gasteiger partial charge in [-0.25, -0.2) is 13.9 Å². The van der Waals surface area contributed by atoms with Crippen molar-refractivity contribution in [2.75, 3.05) is 38.1 Å². The predicted octanol–water partition coefficient (Wildman–Crippen LogP) is 2.18. The van der Waals surface area contributed by atoms with Crippen molar-refractivity contribution in [3.8, 4) is 0 Å². The van der Waals surface area contributed by atoms with Crippen LogP contribution in [-0.4, -0.2) is 63.6 Å². The van der Waals surface area contributed by atoms with E-state index in [1.807, 2.05) is 9.80 Å². The highest BCUT2D eigenvalue weighted by molar-refractivity contribution is 6.29. The molecule has 0 bridgehead atoms. The summed E-state index contributed by atoms with van der Waals surface area (Å²) in [6.07, 6.45) is 0. The lowest BCUT2D eigenvalue weighted by Gasteiger charge is -2.36. The molecule has 0 radical (unpaired) electrons. The van der Waals surface area contributed by atoms with Gasteiger partial charge in [0.2, 0.25) is 5.95 Å². The van der Waals surface area contributed by atoms with E-state index in [1.165, 1.54) is 23.7 Å². The number of fused-ring (bicyclic) bond motifs is 3. The van der Waals surface area contributed by atoms with Crippen LogP contribution in [0.3, 0.4) is 0 Å². The topological polar surface area (TPSA) is 98.6 Å². The number of hydrogen-bond acceptors (Lipinski definition) is 6. The largest absolute Gasteiger partial charge is 0.365 e. The molecule has 4 heterocycles. The van der Waals surface area contributed by atoms with Gasteiger partial charge < -0.3 is 15.2 Å². The third-order valence-corrected chi connectivity index (χ3v) is 6.16. The van der Waals surface area contributed by atoms with E-state index in [4.69, 9.17) is 11.6 Å². The van der Waals surface area contributed by atoms with E-state index < -0.39 is 23.2 Å². The second kappa shape index (κ2) is 8.65. The van der Waals surface area contributed by atoms with Crippen LogP contribution >= 0.6 is 11.6 Å². The fourth-order valence-electron chi connectivity index (χ4n) is 4.21. The van der Waals surface area contributed by atoms with Crippen LogP contribution in [0.15, 0.2) is 35.1 Å². The summed E-state index contributed by atoms with van der Waals surface area (Å²) in [6, 6.07) is 7.82. The first-order valence-electron chi connectivity index (χ1n) is 10.6. The molecule has 0 unspecified atom stereocenters. The highest BCUT2D eigenvalue weighted by Crippen LogP contribution is 2.24. The highest BCUT2D eigenvalue weighted by atomic mass is 35.5. The molecule has 1 amide bonds. The number of benzene rings is 1. The Labute approximate surface area is 196 Å². The maximum absolute atomic E-state index is 15.3. The molecular formula is C22H20ClF2N7O2. The number of halogens is 3. The Morgan fingerprint density at radius 1 is 1.15 bits per heavy atom. The van der Waals surface area contributed by atoms with Gasteiger partial charge >= 0.3 is 0 Å². The second-order valence-corrected chi connectivity index (χ2v) is 8.39. The lowest BCUT2D eigenvalue weighted by molar-refractivity contribution is 0.0957. The zero-order valence-corrected chi connectivity index (χ0v) is 18.9. The SMILES string of the molecule is CNC(=O)c1ccc(N2CCN(Cc3ccc4c([nH]c(=O)c5cc(Cl)nn54)c3F)CC2)c(F)n1. The van der Waals surface area contributed by atoms with Crippen molar-refractivity contribution >= 4 is 39.7 Å². The van der Waals surface area contributed by atoms with Crippen molar-refractivity contribution < 1.29 is 13.6 Å². The van der Waals surface area contributed by atoms with Crippen molar-refractivity contribution in [1.29, 1.82) is 0 Å². The lowest BCUT2D eigenvalue weighted by Crippen LogP contribution is -2.46. The van der Waals surface area contributed by atoms with E-state index in [2.05, 4.69) is 20.4 Å². The normalized spacial score (nSPS) is 14.8. The molecule has 12 heteroatoms.